The van der Waals surface area contributed by atoms with Gasteiger partial charge in [0.1, 0.15) is 0 Å². The Morgan fingerprint density at radius 1 is 0.791 bits per heavy atom. The molecule has 5 N–H and O–H groups in total. The summed E-state index contributed by atoms with van der Waals surface area (Å²) in [5.41, 5.74) is 5.34. The van der Waals surface area contributed by atoms with E-state index in [2.05, 4.69) is 55.6 Å². The van der Waals surface area contributed by atoms with Gasteiger partial charge in [-0.1, -0.05) is 127 Å². The van der Waals surface area contributed by atoms with Crippen LogP contribution >= 0.6 is 7.82 Å². The van der Waals surface area contributed by atoms with E-state index >= 15 is 0 Å². The van der Waals surface area contributed by atoms with Crippen LogP contribution in [0.15, 0.2) is 36.5 Å². The van der Waals surface area contributed by atoms with E-state index in [9.17, 15) is 19.4 Å². The van der Waals surface area contributed by atoms with Crippen LogP contribution in [0.3, 0.4) is 0 Å². The molecular weight excluding hydrogens is 563 g/mol. The Morgan fingerprint density at radius 3 is 1.95 bits per heavy atom. The first-order chi connectivity index (χ1) is 20.9. The molecular formula is C34H65N2O6P. The van der Waals surface area contributed by atoms with E-state index in [0.29, 0.717) is 12.8 Å². The van der Waals surface area contributed by atoms with Crippen LogP contribution in [0.25, 0.3) is 0 Å². The fourth-order valence-electron chi connectivity index (χ4n) is 4.68. The third kappa shape index (κ3) is 29.2. The number of hydrogen-bond acceptors (Lipinski definition) is 6. The Bertz CT molecular complexity index is 774. The maximum absolute atomic E-state index is 12.6. The van der Waals surface area contributed by atoms with Gasteiger partial charge in [-0.25, -0.2) is 4.57 Å². The highest BCUT2D eigenvalue weighted by atomic mass is 31.2. The summed E-state index contributed by atoms with van der Waals surface area (Å²) in [5.74, 6) is -0.194. The number of aliphatic hydroxyl groups is 1. The number of allylic oxidation sites excluding steroid dienone is 6. The average Bonchev–Trinajstić information content (AvgIpc) is 2.99. The number of phosphoric acid groups is 1. The summed E-state index contributed by atoms with van der Waals surface area (Å²) >= 11 is 0. The van der Waals surface area contributed by atoms with Crippen LogP contribution in [0.5, 0.6) is 0 Å². The van der Waals surface area contributed by atoms with E-state index in [-0.39, 0.29) is 25.7 Å². The third-order valence-corrected chi connectivity index (χ3v) is 8.24. The van der Waals surface area contributed by atoms with Crippen molar-refractivity contribution in [2.45, 2.75) is 154 Å². The SMILES string of the molecule is CC/C=C\C/C=C\C/C=C\CCCCCC(=O)NC(COP(=O)(O)OCCN)C(O)CCCCCCCCCCCCC. The third-order valence-electron chi connectivity index (χ3n) is 7.26. The van der Waals surface area contributed by atoms with Gasteiger partial charge < -0.3 is 21.1 Å². The van der Waals surface area contributed by atoms with Crippen molar-refractivity contribution in [3.8, 4) is 0 Å². The standard InChI is InChI=1S/C34H65N2O6P/c1-3-5-7-9-11-13-15-16-18-20-22-24-26-28-34(38)36-32(31-42-43(39,40)41-30-29-35)33(37)27-25-23-21-19-17-14-12-10-8-6-4-2/h5,7,11,13,16,18,32-33,37H,3-4,6,8-10,12,14-15,17,19-31,35H2,1-2H3,(H,36,38)(H,39,40)/b7-5-,13-11-,18-16-. The predicted molar refractivity (Wildman–Crippen MR) is 180 cm³/mol. The zero-order chi connectivity index (χ0) is 31.9. The number of hydrogen-bond donors (Lipinski definition) is 4. The number of unbranched alkanes of at least 4 members (excludes halogenated alkanes) is 13. The molecule has 0 radical (unpaired) electrons. The number of rotatable bonds is 31. The molecule has 0 heterocycles. The van der Waals surface area contributed by atoms with Gasteiger partial charge in [-0.2, -0.15) is 0 Å². The van der Waals surface area contributed by atoms with Crippen molar-refractivity contribution in [1.29, 1.82) is 0 Å². The van der Waals surface area contributed by atoms with Gasteiger partial charge in [-0.15, -0.1) is 0 Å². The number of phosphoric ester groups is 1. The van der Waals surface area contributed by atoms with Crippen molar-refractivity contribution in [3.63, 3.8) is 0 Å². The van der Waals surface area contributed by atoms with Gasteiger partial charge in [0.05, 0.1) is 25.4 Å². The van der Waals surface area contributed by atoms with Gasteiger partial charge in [0, 0.05) is 13.0 Å². The molecule has 8 nitrogen and oxygen atoms in total. The topological polar surface area (TPSA) is 131 Å². The van der Waals surface area contributed by atoms with E-state index in [1.807, 2.05) is 0 Å². The minimum absolute atomic E-state index is 0.0827. The van der Waals surface area contributed by atoms with Gasteiger partial charge in [0.15, 0.2) is 0 Å². The minimum Gasteiger partial charge on any atom is -0.391 e. The highest BCUT2D eigenvalue weighted by Crippen LogP contribution is 2.43. The van der Waals surface area contributed by atoms with Gasteiger partial charge in [0.25, 0.3) is 0 Å². The summed E-state index contributed by atoms with van der Waals surface area (Å²) in [5, 5.41) is 13.6. The molecule has 0 aliphatic carbocycles. The van der Waals surface area contributed by atoms with Crippen LogP contribution in [0.4, 0.5) is 0 Å². The molecule has 0 spiro atoms. The van der Waals surface area contributed by atoms with Crippen LogP contribution in [-0.2, 0) is 18.4 Å². The lowest BCUT2D eigenvalue weighted by Gasteiger charge is -2.25. The molecule has 0 rings (SSSR count). The first-order valence-corrected chi connectivity index (χ1v) is 18.6. The summed E-state index contributed by atoms with van der Waals surface area (Å²) in [6.07, 6.45) is 32.9. The Labute approximate surface area is 263 Å². The van der Waals surface area contributed by atoms with E-state index < -0.39 is 20.0 Å². The fourth-order valence-corrected chi connectivity index (χ4v) is 5.44. The Hall–Kier alpha value is -1.28. The summed E-state index contributed by atoms with van der Waals surface area (Å²) in [4.78, 5) is 22.5. The average molecular weight is 629 g/mol. The maximum atomic E-state index is 12.6. The second-order valence-electron chi connectivity index (χ2n) is 11.3. The van der Waals surface area contributed by atoms with Gasteiger partial charge in [0.2, 0.25) is 5.91 Å². The van der Waals surface area contributed by atoms with Crippen LogP contribution in [0.2, 0.25) is 0 Å². The molecule has 0 aliphatic heterocycles. The number of carbonyl (C=O) groups is 1. The molecule has 0 aromatic rings. The van der Waals surface area contributed by atoms with Crippen molar-refractivity contribution >= 4 is 13.7 Å². The molecule has 0 aliphatic rings. The summed E-state index contributed by atoms with van der Waals surface area (Å²) in [6.45, 7) is 4.03. The molecule has 252 valence electrons. The van der Waals surface area contributed by atoms with Crippen LogP contribution in [0.1, 0.15) is 142 Å². The van der Waals surface area contributed by atoms with Crippen molar-refractivity contribution in [3.05, 3.63) is 36.5 Å². The molecule has 9 heteroatoms. The minimum atomic E-state index is -4.31. The first kappa shape index (κ1) is 41.7. The smallest absolute Gasteiger partial charge is 0.391 e. The van der Waals surface area contributed by atoms with E-state index in [1.54, 1.807) is 0 Å². The lowest BCUT2D eigenvalue weighted by molar-refractivity contribution is -0.123. The van der Waals surface area contributed by atoms with E-state index in [1.165, 1.54) is 51.4 Å². The molecule has 0 aromatic carbocycles. The summed E-state index contributed by atoms with van der Waals surface area (Å²) < 4.78 is 22.0. The van der Waals surface area contributed by atoms with Crippen LogP contribution in [0, 0.1) is 0 Å². The van der Waals surface area contributed by atoms with Crippen LogP contribution in [-0.4, -0.2) is 47.8 Å². The number of nitrogens with one attached hydrogen (secondary N) is 1. The monoisotopic (exact) mass is 628 g/mol. The largest absolute Gasteiger partial charge is 0.472 e. The summed E-state index contributed by atoms with van der Waals surface area (Å²) in [6, 6.07) is -0.786. The van der Waals surface area contributed by atoms with E-state index in [0.717, 1.165) is 64.2 Å². The van der Waals surface area contributed by atoms with Crippen LogP contribution < -0.4 is 11.1 Å². The number of aliphatic hydroxyl groups excluding tert-OH is 1. The number of carbonyl (C=O) groups excluding carboxylic acids is 1. The first-order valence-electron chi connectivity index (χ1n) is 17.1. The van der Waals surface area contributed by atoms with Gasteiger partial charge in [-0.3, -0.25) is 13.8 Å². The molecule has 0 saturated heterocycles. The zero-order valence-corrected chi connectivity index (χ0v) is 28.3. The number of amides is 1. The second-order valence-corrected chi connectivity index (χ2v) is 12.8. The van der Waals surface area contributed by atoms with Crippen molar-refractivity contribution in [2.75, 3.05) is 19.8 Å². The fraction of sp³-hybridized carbons (Fsp3) is 0.794. The molecule has 43 heavy (non-hydrogen) atoms. The highest BCUT2D eigenvalue weighted by Gasteiger charge is 2.27. The highest BCUT2D eigenvalue weighted by molar-refractivity contribution is 7.47. The Kier molecular flexibility index (Phi) is 29.8. The molecule has 0 bridgehead atoms. The quantitative estimate of drug-likeness (QED) is 0.0344. The maximum Gasteiger partial charge on any atom is 0.472 e. The normalized spacial score (nSPS) is 15.0. The molecule has 0 aromatic heterocycles. The molecule has 0 fully saturated rings. The van der Waals surface area contributed by atoms with Crippen molar-refractivity contribution in [2.24, 2.45) is 5.73 Å². The van der Waals surface area contributed by atoms with Gasteiger partial charge in [-0.05, 0) is 44.9 Å². The zero-order valence-electron chi connectivity index (χ0n) is 27.4. The number of nitrogens with two attached hydrogens (primary N) is 1. The van der Waals surface area contributed by atoms with E-state index in [4.69, 9.17) is 14.8 Å². The molecule has 0 saturated carbocycles. The molecule has 3 atom stereocenters. The predicted octanol–water partition coefficient (Wildman–Crippen LogP) is 8.43. The Balaban J connectivity index is 4.38. The lowest BCUT2D eigenvalue weighted by Crippen LogP contribution is -2.46. The Morgan fingerprint density at radius 2 is 1.35 bits per heavy atom. The van der Waals surface area contributed by atoms with Gasteiger partial charge >= 0.3 is 7.82 Å². The summed E-state index contributed by atoms with van der Waals surface area (Å²) in [7, 11) is -4.31. The lowest BCUT2D eigenvalue weighted by atomic mass is 10.0. The van der Waals surface area contributed by atoms with Crippen molar-refractivity contribution in [1.82, 2.24) is 5.32 Å². The second kappa shape index (κ2) is 30.7. The molecule has 3 unspecified atom stereocenters. The molecule has 1 amide bonds. The van der Waals surface area contributed by atoms with Crippen molar-refractivity contribution < 1.29 is 28.4 Å².